The van der Waals surface area contributed by atoms with E-state index in [1.54, 1.807) is 24.3 Å². The summed E-state index contributed by atoms with van der Waals surface area (Å²) in [4.78, 5) is 10.3. The van der Waals surface area contributed by atoms with Crippen LogP contribution in [0.4, 0.5) is 17.1 Å². The normalized spacial score (nSPS) is 10.0. The maximum Gasteiger partial charge on any atom is 0.289 e. The van der Waals surface area contributed by atoms with Crippen molar-refractivity contribution in [2.75, 3.05) is 5.32 Å². The van der Waals surface area contributed by atoms with Crippen molar-refractivity contribution in [3.63, 3.8) is 0 Å². The predicted molar refractivity (Wildman–Crippen MR) is 82.3 cm³/mol. The third-order valence-corrected chi connectivity index (χ3v) is 3.56. The zero-order chi connectivity index (χ0) is 15.6. The molecule has 2 rings (SSSR count). The molecule has 1 N–H and O–H groups in total. The summed E-state index contributed by atoms with van der Waals surface area (Å²) in [5.74, 6) is 0. The Bertz CT molecular complexity index is 770. The van der Waals surface area contributed by atoms with E-state index in [0.29, 0.717) is 21.4 Å². The van der Waals surface area contributed by atoms with Crippen LogP contribution in [0.2, 0.25) is 10.0 Å². The molecule has 0 aromatic heterocycles. The van der Waals surface area contributed by atoms with E-state index in [1.807, 2.05) is 6.92 Å². The highest BCUT2D eigenvalue weighted by Crippen LogP contribution is 2.32. The molecule has 5 nitrogen and oxygen atoms in total. The van der Waals surface area contributed by atoms with Crippen LogP contribution in [0.25, 0.3) is 0 Å². The summed E-state index contributed by atoms with van der Waals surface area (Å²) in [5.41, 5.74) is 1.54. The lowest BCUT2D eigenvalue weighted by Crippen LogP contribution is -1.96. The van der Waals surface area contributed by atoms with Crippen LogP contribution in [0.1, 0.15) is 11.1 Å². The molecule has 0 saturated heterocycles. The standard InChI is InChI=1S/C14H9Cl2N3O2/c1-8-4-12(16)13(6-11(8)15)18-10-3-2-9(7-17)14(5-10)19(20)21/h2-6,18H,1H3. The first kappa shape index (κ1) is 15.1. The Hall–Kier alpha value is -2.29. The number of anilines is 2. The number of halogens is 2. The molecular weight excluding hydrogens is 313 g/mol. The van der Waals surface area contributed by atoms with Crippen LogP contribution in [-0.4, -0.2) is 4.92 Å². The summed E-state index contributed by atoms with van der Waals surface area (Å²) in [6.45, 7) is 1.82. The number of nitro benzene ring substituents is 1. The first-order valence-corrected chi connectivity index (χ1v) is 6.59. The molecule has 0 aliphatic heterocycles. The molecule has 7 heteroatoms. The Labute approximate surface area is 130 Å². The van der Waals surface area contributed by atoms with E-state index in [1.165, 1.54) is 12.1 Å². The fourth-order valence-corrected chi connectivity index (χ4v) is 2.18. The first-order valence-electron chi connectivity index (χ1n) is 5.83. The highest BCUT2D eigenvalue weighted by molar-refractivity contribution is 6.35. The summed E-state index contributed by atoms with van der Waals surface area (Å²) >= 11 is 12.1. The number of benzene rings is 2. The van der Waals surface area contributed by atoms with E-state index in [9.17, 15) is 10.1 Å². The van der Waals surface area contributed by atoms with Crippen molar-refractivity contribution >= 4 is 40.3 Å². The van der Waals surface area contributed by atoms with Crippen LogP contribution in [0.3, 0.4) is 0 Å². The Morgan fingerprint density at radius 2 is 1.95 bits per heavy atom. The van der Waals surface area contributed by atoms with Gasteiger partial charge in [-0.15, -0.1) is 0 Å². The molecule has 0 fully saturated rings. The molecule has 0 saturated carbocycles. The smallest absolute Gasteiger partial charge is 0.289 e. The Morgan fingerprint density at radius 1 is 1.24 bits per heavy atom. The number of aryl methyl sites for hydroxylation is 1. The summed E-state index contributed by atoms with van der Waals surface area (Å²) in [5, 5.41) is 23.7. The zero-order valence-corrected chi connectivity index (χ0v) is 12.4. The van der Waals surface area contributed by atoms with Crippen molar-refractivity contribution in [3.05, 3.63) is 61.6 Å². The molecule has 106 valence electrons. The van der Waals surface area contributed by atoms with Crippen molar-refractivity contribution in [3.8, 4) is 6.07 Å². The first-order chi connectivity index (χ1) is 9.92. The van der Waals surface area contributed by atoms with Crippen molar-refractivity contribution in [1.29, 1.82) is 5.26 Å². The second-order valence-electron chi connectivity index (χ2n) is 4.31. The molecule has 0 bridgehead atoms. The fraction of sp³-hybridized carbons (Fsp3) is 0.0714. The molecule has 0 aliphatic carbocycles. The van der Waals surface area contributed by atoms with E-state index in [2.05, 4.69) is 5.32 Å². The predicted octanol–water partition coefficient (Wildman–Crippen LogP) is 4.83. The maximum absolute atomic E-state index is 10.9. The average Bonchev–Trinajstić information content (AvgIpc) is 2.44. The van der Waals surface area contributed by atoms with Crippen LogP contribution in [0, 0.1) is 28.4 Å². The number of nitriles is 1. The van der Waals surface area contributed by atoms with Crippen LogP contribution in [0.15, 0.2) is 30.3 Å². The van der Waals surface area contributed by atoms with Gasteiger partial charge < -0.3 is 5.32 Å². The molecule has 0 unspecified atom stereocenters. The third kappa shape index (κ3) is 3.24. The zero-order valence-electron chi connectivity index (χ0n) is 10.9. The van der Waals surface area contributed by atoms with Gasteiger partial charge in [-0.05, 0) is 36.8 Å². The van der Waals surface area contributed by atoms with Gasteiger partial charge in [0, 0.05) is 16.8 Å². The highest BCUT2D eigenvalue weighted by atomic mass is 35.5. The van der Waals surface area contributed by atoms with Gasteiger partial charge in [0.25, 0.3) is 5.69 Å². The van der Waals surface area contributed by atoms with Gasteiger partial charge >= 0.3 is 0 Å². The number of hydrogen-bond acceptors (Lipinski definition) is 4. The Morgan fingerprint density at radius 3 is 2.57 bits per heavy atom. The minimum Gasteiger partial charge on any atom is -0.354 e. The van der Waals surface area contributed by atoms with Gasteiger partial charge in [0.2, 0.25) is 0 Å². The van der Waals surface area contributed by atoms with E-state index >= 15 is 0 Å². The SMILES string of the molecule is Cc1cc(Cl)c(Nc2ccc(C#N)c([N+](=O)[O-])c2)cc1Cl. The number of hydrogen-bond donors (Lipinski definition) is 1. The summed E-state index contributed by atoms with van der Waals surface area (Å²) < 4.78 is 0. The van der Waals surface area contributed by atoms with E-state index in [0.717, 1.165) is 5.56 Å². The molecule has 0 heterocycles. The van der Waals surface area contributed by atoms with Gasteiger partial charge in [0.15, 0.2) is 0 Å². The highest BCUT2D eigenvalue weighted by Gasteiger charge is 2.15. The Balaban J connectivity index is 2.41. The monoisotopic (exact) mass is 321 g/mol. The van der Waals surface area contributed by atoms with Gasteiger partial charge in [-0.25, -0.2) is 0 Å². The van der Waals surface area contributed by atoms with Crippen LogP contribution < -0.4 is 5.32 Å². The van der Waals surface area contributed by atoms with Gasteiger partial charge in [0.05, 0.1) is 15.6 Å². The molecular formula is C14H9Cl2N3O2. The van der Waals surface area contributed by atoms with Crippen molar-refractivity contribution in [2.45, 2.75) is 6.92 Å². The topological polar surface area (TPSA) is 79.0 Å². The second-order valence-corrected chi connectivity index (χ2v) is 5.12. The fourth-order valence-electron chi connectivity index (χ4n) is 1.75. The van der Waals surface area contributed by atoms with Gasteiger partial charge in [-0.2, -0.15) is 5.26 Å². The van der Waals surface area contributed by atoms with E-state index in [-0.39, 0.29) is 11.3 Å². The second kappa shape index (κ2) is 6.00. The number of rotatable bonds is 3. The number of nitrogens with one attached hydrogen (secondary N) is 1. The van der Waals surface area contributed by atoms with Gasteiger partial charge in [-0.3, -0.25) is 10.1 Å². The summed E-state index contributed by atoms with van der Waals surface area (Å²) in [7, 11) is 0. The largest absolute Gasteiger partial charge is 0.354 e. The van der Waals surface area contributed by atoms with Gasteiger partial charge in [0.1, 0.15) is 11.6 Å². The number of nitrogens with zero attached hydrogens (tertiary/aromatic N) is 2. The number of nitro groups is 1. The molecule has 2 aromatic rings. The van der Waals surface area contributed by atoms with Crippen molar-refractivity contribution in [1.82, 2.24) is 0 Å². The summed E-state index contributed by atoms with van der Waals surface area (Å²) in [6, 6.07) is 9.34. The van der Waals surface area contributed by atoms with Crippen LogP contribution in [-0.2, 0) is 0 Å². The molecule has 0 spiro atoms. The van der Waals surface area contributed by atoms with E-state index in [4.69, 9.17) is 28.5 Å². The van der Waals surface area contributed by atoms with Crippen LogP contribution in [0.5, 0.6) is 0 Å². The molecule has 0 aliphatic rings. The van der Waals surface area contributed by atoms with Crippen molar-refractivity contribution in [2.24, 2.45) is 0 Å². The lowest BCUT2D eigenvalue weighted by atomic mass is 10.1. The minimum absolute atomic E-state index is 0.00131. The average molecular weight is 322 g/mol. The van der Waals surface area contributed by atoms with Crippen LogP contribution >= 0.6 is 23.2 Å². The molecule has 0 radical (unpaired) electrons. The molecule has 0 atom stereocenters. The molecule has 21 heavy (non-hydrogen) atoms. The van der Waals surface area contributed by atoms with Gasteiger partial charge in [-0.1, -0.05) is 23.2 Å². The van der Waals surface area contributed by atoms with E-state index < -0.39 is 4.92 Å². The lowest BCUT2D eigenvalue weighted by molar-refractivity contribution is -0.385. The molecule has 2 aromatic carbocycles. The molecule has 0 amide bonds. The quantitative estimate of drug-likeness (QED) is 0.648. The lowest BCUT2D eigenvalue weighted by Gasteiger charge is -2.10. The maximum atomic E-state index is 10.9. The minimum atomic E-state index is -0.604. The third-order valence-electron chi connectivity index (χ3n) is 2.84. The summed E-state index contributed by atoms with van der Waals surface area (Å²) in [6.07, 6.45) is 0. The van der Waals surface area contributed by atoms with Crippen molar-refractivity contribution < 1.29 is 4.92 Å². The Kier molecular flexibility index (Phi) is 4.32.